The third-order valence-corrected chi connectivity index (χ3v) is 5.92. The molecule has 146 valence electrons. The maximum absolute atomic E-state index is 13.6. The lowest BCUT2D eigenvalue weighted by atomic mass is 9.76. The Morgan fingerprint density at radius 3 is 1.46 bits per heavy atom. The van der Waals surface area contributed by atoms with Crippen LogP contribution in [0.5, 0.6) is 0 Å². The summed E-state index contributed by atoms with van der Waals surface area (Å²) in [4.78, 5) is 0. The molecule has 0 aromatic heterocycles. The molecule has 0 amide bonds. The molecule has 1 nitrogen and oxygen atoms in total. The molecule has 5 heteroatoms. The molecule has 0 radical (unpaired) electrons. The van der Waals surface area contributed by atoms with Crippen molar-refractivity contribution >= 4 is 23.5 Å². The molecule has 3 aromatic rings. The topological polar surface area (TPSA) is 20.2 Å². The van der Waals surface area contributed by atoms with Crippen LogP contribution in [0.2, 0.25) is 0 Å². The van der Waals surface area contributed by atoms with Gasteiger partial charge >= 0.3 is 0 Å². The third-order valence-electron chi connectivity index (χ3n) is 4.72. The van der Waals surface area contributed by atoms with Gasteiger partial charge in [0.15, 0.2) is 0 Å². The molecule has 0 heterocycles. The molecular weight excluding hydrogens is 394 g/mol. The SMILES string of the molecule is CSCc1cccc(CSC)c1C(O)(c1ccc(F)cc1)c1ccc(F)cc1. The summed E-state index contributed by atoms with van der Waals surface area (Å²) < 4.78 is 27.2. The summed E-state index contributed by atoms with van der Waals surface area (Å²) in [6.45, 7) is 0. The Morgan fingerprint density at radius 2 is 1.11 bits per heavy atom. The monoisotopic (exact) mass is 416 g/mol. The van der Waals surface area contributed by atoms with Gasteiger partial charge < -0.3 is 5.11 Å². The Kier molecular flexibility index (Phi) is 6.81. The van der Waals surface area contributed by atoms with E-state index in [-0.39, 0.29) is 11.6 Å². The van der Waals surface area contributed by atoms with Crippen LogP contribution in [0.1, 0.15) is 27.8 Å². The van der Waals surface area contributed by atoms with Crippen LogP contribution >= 0.6 is 23.5 Å². The van der Waals surface area contributed by atoms with Gasteiger partial charge in [-0.3, -0.25) is 0 Å². The minimum atomic E-state index is -1.52. The molecule has 0 aliphatic carbocycles. The number of hydrogen-bond acceptors (Lipinski definition) is 3. The van der Waals surface area contributed by atoms with Crippen LogP contribution in [0.15, 0.2) is 66.7 Å². The Morgan fingerprint density at radius 1 is 0.714 bits per heavy atom. The number of thioether (sulfide) groups is 2. The second-order valence-corrected chi connectivity index (χ2v) is 8.27. The first-order valence-electron chi connectivity index (χ1n) is 8.84. The van der Waals surface area contributed by atoms with Gasteiger partial charge in [-0.1, -0.05) is 42.5 Å². The van der Waals surface area contributed by atoms with E-state index < -0.39 is 5.60 Å². The first kappa shape index (κ1) is 20.9. The lowest BCUT2D eigenvalue weighted by Crippen LogP contribution is -2.31. The zero-order chi connectivity index (χ0) is 20.1. The van der Waals surface area contributed by atoms with Crippen LogP contribution in [-0.2, 0) is 17.1 Å². The van der Waals surface area contributed by atoms with Crippen molar-refractivity contribution in [3.63, 3.8) is 0 Å². The number of aliphatic hydroxyl groups is 1. The van der Waals surface area contributed by atoms with E-state index in [0.29, 0.717) is 11.1 Å². The van der Waals surface area contributed by atoms with Crippen LogP contribution < -0.4 is 0 Å². The smallest absolute Gasteiger partial charge is 0.141 e. The van der Waals surface area contributed by atoms with Crippen LogP contribution in [0.3, 0.4) is 0 Å². The van der Waals surface area contributed by atoms with Gasteiger partial charge in [0, 0.05) is 17.1 Å². The zero-order valence-electron chi connectivity index (χ0n) is 15.8. The van der Waals surface area contributed by atoms with Gasteiger partial charge in [0.25, 0.3) is 0 Å². The summed E-state index contributed by atoms with van der Waals surface area (Å²) >= 11 is 3.34. The highest BCUT2D eigenvalue weighted by atomic mass is 32.2. The second kappa shape index (κ2) is 9.12. The second-order valence-electron chi connectivity index (χ2n) is 6.54. The summed E-state index contributed by atoms with van der Waals surface area (Å²) in [5.74, 6) is 0.712. The van der Waals surface area contributed by atoms with E-state index in [4.69, 9.17) is 0 Å². The molecule has 0 bridgehead atoms. The maximum atomic E-state index is 13.6. The van der Waals surface area contributed by atoms with E-state index in [1.165, 1.54) is 24.3 Å². The minimum Gasteiger partial charge on any atom is -0.376 e. The molecule has 1 N–H and O–H groups in total. The average molecular weight is 417 g/mol. The molecule has 0 atom stereocenters. The summed E-state index contributed by atoms with van der Waals surface area (Å²) in [5, 5.41) is 12.2. The summed E-state index contributed by atoms with van der Waals surface area (Å²) in [6, 6.07) is 17.8. The highest BCUT2D eigenvalue weighted by Crippen LogP contribution is 2.42. The molecule has 0 saturated heterocycles. The van der Waals surface area contributed by atoms with Gasteiger partial charge in [-0.15, -0.1) is 0 Å². The highest BCUT2D eigenvalue weighted by molar-refractivity contribution is 7.98. The number of halogens is 2. The summed E-state index contributed by atoms with van der Waals surface area (Å²) in [5.41, 5.74) is 2.40. The molecule has 3 aromatic carbocycles. The zero-order valence-corrected chi connectivity index (χ0v) is 17.4. The van der Waals surface area contributed by atoms with E-state index in [1.807, 2.05) is 30.7 Å². The first-order valence-corrected chi connectivity index (χ1v) is 11.6. The fraction of sp³-hybridized carbons (Fsp3) is 0.217. The van der Waals surface area contributed by atoms with E-state index in [1.54, 1.807) is 47.8 Å². The van der Waals surface area contributed by atoms with Gasteiger partial charge in [-0.2, -0.15) is 23.5 Å². The molecule has 3 rings (SSSR count). The molecule has 0 aliphatic rings. The van der Waals surface area contributed by atoms with Gasteiger partial charge in [-0.25, -0.2) is 8.78 Å². The van der Waals surface area contributed by atoms with Crippen molar-refractivity contribution < 1.29 is 13.9 Å². The molecule has 0 spiro atoms. The first-order chi connectivity index (χ1) is 13.5. The number of hydrogen-bond donors (Lipinski definition) is 1. The highest BCUT2D eigenvalue weighted by Gasteiger charge is 2.37. The lowest BCUT2D eigenvalue weighted by molar-refractivity contribution is 0.124. The van der Waals surface area contributed by atoms with E-state index in [0.717, 1.165) is 28.2 Å². The van der Waals surface area contributed by atoms with Crippen LogP contribution in [0.4, 0.5) is 8.78 Å². The minimum absolute atomic E-state index is 0.369. The number of rotatable bonds is 7. The Bertz CT molecular complexity index is 855. The maximum Gasteiger partial charge on any atom is 0.141 e. The Balaban J connectivity index is 2.34. The average Bonchev–Trinajstić information content (AvgIpc) is 2.69. The van der Waals surface area contributed by atoms with Gasteiger partial charge in [0.2, 0.25) is 0 Å². The molecule has 0 aliphatic heterocycles. The van der Waals surface area contributed by atoms with Crippen molar-refractivity contribution in [3.05, 3.63) is 106 Å². The van der Waals surface area contributed by atoms with Crippen molar-refractivity contribution in [2.24, 2.45) is 0 Å². The fourth-order valence-electron chi connectivity index (χ4n) is 3.51. The third kappa shape index (κ3) is 4.12. The molecule has 0 fully saturated rings. The van der Waals surface area contributed by atoms with Crippen LogP contribution in [0.25, 0.3) is 0 Å². The fourth-order valence-corrected chi connectivity index (χ4v) is 4.61. The predicted molar refractivity (Wildman–Crippen MR) is 116 cm³/mol. The summed E-state index contributed by atoms with van der Waals surface area (Å²) in [6.07, 6.45) is 4.03. The Hall–Kier alpha value is -1.82. The standard InChI is InChI=1S/C23H22F2OS2/c1-27-14-16-4-3-5-17(15-28-2)22(16)23(26,18-6-10-20(24)11-7-18)19-8-12-21(25)13-9-19/h3-13,26H,14-15H2,1-2H3. The lowest BCUT2D eigenvalue weighted by Gasteiger charge is -2.34. The van der Waals surface area contributed by atoms with Gasteiger partial charge in [0.1, 0.15) is 17.2 Å². The quantitative estimate of drug-likeness (QED) is 0.479. The van der Waals surface area contributed by atoms with Crippen molar-refractivity contribution in [1.82, 2.24) is 0 Å². The van der Waals surface area contributed by atoms with Crippen molar-refractivity contribution in [2.75, 3.05) is 12.5 Å². The van der Waals surface area contributed by atoms with Crippen molar-refractivity contribution in [1.29, 1.82) is 0 Å². The molecule has 28 heavy (non-hydrogen) atoms. The van der Waals surface area contributed by atoms with E-state index >= 15 is 0 Å². The largest absolute Gasteiger partial charge is 0.376 e. The van der Waals surface area contributed by atoms with E-state index in [9.17, 15) is 13.9 Å². The van der Waals surface area contributed by atoms with Crippen LogP contribution in [-0.4, -0.2) is 17.6 Å². The van der Waals surface area contributed by atoms with Gasteiger partial charge in [0.05, 0.1) is 0 Å². The van der Waals surface area contributed by atoms with Crippen molar-refractivity contribution in [3.8, 4) is 0 Å². The normalized spacial score (nSPS) is 11.6. The molecule has 0 unspecified atom stereocenters. The predicted octanol–water partition coefficient (Wildman–Crippen LogP) is 5.98. The summed E-state index contributed by atoms with van der Waals surface area (Å²) in [7, 11) is 0. The molecule has 0 saturated carbocycles. The van der Waals surface area contributed by atoms with Crippen LogP contribution in [0, 0.1) is 11.6 Å². The molecular formula is C23H22F2OS2. The number of benzene rings is 3. The van der Waals surface area contributed by atoms with Gasteiger partial charge in [-0.05, 0) is 59.0 Å². The van der Waals surface area contributed by atoms with E-state index in [2.05, 4.69) is 0 Å². The Labute approximate surface area is 173 Å². The van der Waals surface area contributed by atoms with Crippen molar-refractivity contribution in [2.45, 2.75) is 17.1 Å².